The van der Waals surface area contributed by atoms with Gasteiger partial charge in [-0.05, 0) is 31.2 Å². The van der Waals surface area contributed by atoms with E-state index in [1.54, 1.807) is 30.8 Å². The van der Waals surface area contributed by atoms with Gasteiger partial charge in [0, 0.05) is 10.1 Å². The fourth-order valence-electron chi connectivity index (χ4n) is 1.25. The molecule has 1 unspecified atom stereocenters. The molecule has 88 valence electrons. The lowest BCUT2D eigenvalue weighted by Gasteiger charge is -2.10. The summed E-state index contributed by atoms with van der Waals surface area (Å²) in [6.07, 6.45) is 0.402. The minimum Gasteiger partial charge on any atom is -0.508 e. The number of carbonyl (C=O) groups excluding carboxylic acids is 1. The first-order chi connectivity index (χ1) is 7.61. The molecule has 0 aliphatic heterocycles. The second-order valence-electron chi connectivity index (χ2n) is 3.43. The fourth-order valence-corrected chi connectivity index (χ4v) is 2.23. The maximum Gasteiger partial charge on any atom is 0.306 e. The Bertz CT molecular complexity index is 335. The zero-order valence-electron chi connectivity index (χ0n) is 9.47. The Morgan fingerprint density at radius 2 is 2.06 bits per heavy atom. The summed E-state index contributed by atoms with van der Waals surface area (Å²) in [5, 5.41) is 9.29. The Kier molecular flexibility index (Phi) is 5.19. The molecule has 0 aliphatic carbocycles. The van der Waals surface area contributed by atoms with Gasteiger partial charge < -0.3 is 9.84 Å². The number of phenols is 1. The molecule has 0 spiro atoms. The van der Waals surface area contributed by atoms with E-state index < -0.39 is 0 Å². The zero-order chi connectivity index (χ0) is 12.0. The van der Waals surface area contributed by atoms with E-state index in [-0.39, 0.29) is 17.0 Å². The van der Waals surface area contributed by atoms with Gasteiger partial charge in [-0.25, -0.2) is 0 Å². The second kappa shape index (κ2) is 6.43. The van der Waals surface area contributed by atoms with E-state index >= 15 is 0 Å². The van der Waals surface area contributed by atoms with E-state index in [1.165, 1.54) is 0 Å². The van der Waals surface area contributed by atoms with Crippen molar-refractivity contribution in [2.24, 2.45) is 0 Å². The third-order valence-electron chi connectivity index (χ3n) is 1.93. The van der Waals surface area contributed by atoms with Crippen molar-refractivity contribution in [1.29, 1.82) is 0 Å². The minimum atomic E-state index is -0.165. The normalized spacial score (nSPS) is 12.1. The van der Waals surface area contributed by atoms with Crippen LogP contribution in [0.3, 0.4) is 0 Å². The van der Waals surface area contributed by atoms with Gasteiger partial charge >= 0.3 is 5.97 Å². The van der Waals surface area contributed by atoms with Crippen LogP contribution >= 0.6 is 11.8 Å². The summed E-state index contributed by atoms with van der Waals surface area (Å²) in [6.45, 7) is 4.21. The third kappa shape index (κ3) is 4.57. The number of benzene rings is 1. The number of hydrogen-bond acceptors (Lipinski definition) is 4. The maximum atomic E-state index is 11.2. The monoisotopic (exact) mass is 240 g/mol. The molecule has 0 heterocycles. The highest BCUT2D eigenvalue weighted by molar-refractivity contribution is 8.00. The summed E-state index contributed by atoms with van der Waals surface area (Å²) in [6, 6.07) is 6.95. The van der Waals surface area contributed by atoms with Gasteiger partial charge in [0.2, 0.25) is 0 Å². The number of aromatic hydroxyl groups is 1. The largest absolute Gasteiger partial charge is 0.508 e. The number of phenolic OH excluding ortho intramolecular Hbond substituents is 1. The van der Waals surface area contributed by atoms with E-state index in [2.05, 4.69) is 0 Å². The molecule has 16 heavy (non-hydrogen) atoms. The molecule has 0 aromatic heterocycles. The van der Waals surface area contributed by atoms with Crippen LogP contribution in [0.1, 0.15) is 20.3 Å². The van der Waals surface area contributed by atoms with Gasteiger partial charge in [0.05, 0.1) is 13.0 Å². The number of ether oxygens (including phenoxy) is 1. The van der Waals surface area contributed by atoms with Crippen LogP contribution in [-0.2, 0) is 9.53 Å². The lowest BCUT2D eigenvalue weighted by atomic mass is 10.3. The van der Waals surface area contributed by atoms with Crippen molar-refractivity contribution in [2.45, 2.75) is 30.4 Å². The van der Waals surface area contributed by atoms with Crippen molar-refractivity contribution in [3.05, 3.63) is 24.3 Å². The van der Waals surface area contributed by atoms with Gasteiger partial charge in [0.15, 0.2) is 0 Å². The van der Waals surface area contributed by atoms with Crippen molar-refractivity contribution >= 4 is 17.7 Å². The van der Waals surface area contributed by atoms with Crippen LogP contribution in [0, 0.1) is 0 Å². The summed E-state index contributed by atoms with van der Waals surface area (Å²) < 4.78 is 4.88. The Morgan fingerprint density at radius 1 is 1.44 bits per heavy atom. The van der Waals surface area contributed by atoms with E-state index in [9.17, 15) is 4.79 Å². The molecule has 1 aromatic carbocycles. The first-order valence-electron chi connectivity index (χ1n) is 5.23. The highest BCUT2D eigenvalue weighted by Crippen LogP contribution is 2.26. The predicted octanol–water partition coefficient (Wildman–Crippen LogP) is 2.83. The average molecular weight is 240 g/mol. The lowest BCUT2D eigenvalue weighted by Crippen LogP contribution is -2.10. The predicted molar refractivity (Wildman–Crippen MR) is 64.7 cm³/mol. The maximum absolute atomic E-state index is 11.2. The van der Waals surface area contributed by atoms with Gasteiger partial charge in [0.25, 0.3) is 0 Å². The highest BCUT2D eigenvalue weighted by atomic mass is 32.2. The van der Waals surface area contributed by atoms with E-state index in [0.717, 1.165) is 4.90 Å². The molecule has 3 nitrogen and oxygen atoms in total. The summed E-state index contributed by atoms with van der Waals surface area (Å²) in [5.41, 5.74) is 0. The third-order valence-corrected chi connectivity index (χ3v) is 3.05. The molecular formula is C12H16O3S. The van der Waals surface area contributed by atoms with Gasteiger partial charge in [-0.15, -0.1) is 11.8 Å². The van der Waals surface area contributed by atoms with E-state index in [1.807, 2.05) is 19.1 Å². The van der Waals surface area contributed by atoms with Crippen molar-refractivity contribution in [1.82, 2.24) is 0 Å². The van der Waals surface area contributed by atoms with Crippen LogP contribution in [0.25, 0.3) is 0 Å². The smallest absolute Gasteiger partial charge is 0.306 e. The summed E-state index contributed by atoms with van der Waals surface area (Å²) in [4.78, 5) is 12.3. The first-order valence-corrected chi connectivity index (χ1v) is 6.11. The van der Waals surface area contributed by atoms with Crippen LogP contribution in [0.2, 0.25) is 0 Å². The summed E-state index contributed by atoms with van der Waals surface area (Å²) in [7, 11) is 0. The number of thioether (sulfide) groups is 1. The Labute approximate surface area is 99.8 Å². The quantitative estimate of drug-likeness (QED) is 0.635. The molecule has 4 heteroatoms. The summed E-state index contributed by atoms with van der Waals surface area (Å²) >= 11 is 1.59. The zero-order valence-corrected chi connectivity index (χ0v) is 10.3. The number of rotatable bonds is 5. The van der Waals surface area contributed by atoms with Crippen LogP contribution in [0.15, 0.2) is 29.2 Å². The lowest BCUT2D eigenvalue weighted by molar-refractivity contribution is -0.142. The topological polar surface area (TPSA) is 46.5 Å². The van der Waals surface area contributed by atoms with E-state index in [4.69, 9.17) is 9.84 Å². The molecule has 1 atom stereocenters. The van der Waals surface area contributed by atoms with Crippen LogP contribution in [0.5, 0.6) is 5.75 Å². The molecular weight excluding hydrogens is 224 g/mol. The van der Waals surface area contributed by atoms with Crippen molar-refractivity contribution < 1.29 is 14.6 Å². The average Bonchev–Trinajstić information content (AvgIpc) is 2.21. The number of hydrogen-bond donors (Lipinski definition) is 1. The van der Waals surface area contributed by atoms with Gasteiger partial charge in [-0.3, -0.25) is 4.79 Å². The standard InChI is InChI=1S/C12H16O3S/c1-3-15-12(14)8-9(2)16-11-6-4-10(13)5-7-11/h4-7,9,13H,3,8H2,1-2H3. The molecule has 0 radical (unpaired) electrons. The fraction of sp³-hybridized carbons (Fsp3) is 0.417. The van der Waals surface area contributed by atoms with Gasteiger partial charge in [0.1, 0.15) is 5.75 Å². The van der Waals surface area contributed by atoms with Crippen LogP contribution in [0.4, 0.5) is 0 Å². The van der Waals surface area contributed by atoms with Crippen LogP contribution in [-0.4, -0.2) is 22.9 Å². The molecule has 0 amide bonds. The minimum absolute atomic E-state index is 0.165. The molecule has 0 saturated heterocycles. The highest BCUT2D eigenvalue weighted by Gasteiger charge is 2.11. The Morgan fingerprint density at radius 3 is 2.62 bits per heavy atom. The second-order valence-corrected chi connectivity index (χ2v) is 4.94. The Hall–Kier alpha value is -1.16. The first kappa shape index (κ1) is 12.9. The summed E-state index contributed by atoms with van der Waals surface area (Å²) in [5.74, 6) is 0.0867. The van der Waals surface area contributed by atoms with Crippen LogP contribution < -0.4 is 0 Å². The molecule has 0 aliphatic rings. The van der Waals surface area contributed by atoms with E-state index in [0.29, 0.717) is 13.0 Å². The molecule has 1 aromatic rings. The number of esters is 1. The van der Waals surface area contributed by atoms with Gasteiger partial charge in [-0.2, -0.15) is 0 Å². The molecule has 1 rings (SSSR count). The Balaban J connectivity index is 2.42. The van der Waals surface area contributed by atoms with Gasteiger partial charge in [-0.1, -0.05) is 6.92 Å². The number of carbonyl (C=O) groups is 1. The van der Waals surface area contributed by atoms with Crippen molar-refractivity contribution in [2.75, 3.05) is 6.61 Å². The molecule has 0 saturated carbocycles. The molecule has 0 bridgehead atoms. The van der Waals surface area contributed by atoms with Crippen molar-refractivity contribution in [3.63, 3.8) is 0 Å². The SMILES string of the molecule is CCOC(=O)CC(C)Sc1ccc(O)cc1. The molecule has 1 N–H and O–H groups in total. The van der Waals surface area contributed by atoms with Crippen molar-refractivity contribution in [3.8, 4) is 5.75 Å². The molecule has 0 fully saturated rings.